The Kier molecular flexibility index (Phi) is 2.92. The number of rotatable bonds is 2. The third-order valence-electron chi connectivity index (χ3n) is 2.03. The normalized spacial score (nSPS) is 24.0. The van der Waals surface area contributed by atoms with E-state index in [0.29, 0.717) is 0 Å². The topological polar surface area (TPSA) is 21.6 Å². The monoisotopic (exact) mass is 155 g/mol. The van der Waals surface area contributed by atoms with Gasteiger partial charge in [-0.25, -0.2) is 0 Å². The summed E-state index contributed by atoms with van der Waals surface area (Å²) in [7, 11) is 1.70. The van der Waals surface area contributed by atoms with Gasteiger partial charge < -0.3 is 4.74 Å². The molecule has 0 spiro atoms. The summed E-state index contributed by atoms with van der Waals surface area (Å²) in [6, 6.07) is 0. The summed E-state index contributed by atoms with van der Waals surface area (Å²) >= 11 is 0. The molecule has 0 bridgehead atoms. The van der Waals surface area contributed by atoms with Crippen molar-refractivity contribution < 1.29 is 4.74 Å². The highest BCUT2D eigenvalue weighted by atomic mass is 16.5. The van der Waals surface area contributed by atoms with Crippen molar-refractivity contribution >= 4 is 5.90 Å². The van der Waals surface area contributed by atoms with Gasteiger partial charge in [0.25, 0.3) is 0 Å². The van der Waals surface area contributed by atoms with E-state index in [9.17, 15) is 0 Å². The van der Waals surface area contributed by atoms with Crippen LogP contribution in [0.3, 0.4) is 0 Å². The number of hydrogen-bond donors (Lipinski definition) is 0. The van der Waals surface area contributed by atoms with Crippen molar-refractivity contribution in [1.82, 2.24) is 0 Å². The maximum atomic E-state index is 5.07. The molecule has 11 heavy (non-hydrogen) atoms. The van der Waals surface area contributed by atoms with E-state index in [1.54, 1.807) is 7.11 Å². The predicted molar refractivity (Wildman–Crippen MR) is 46.9 cm³/mol. The lowest BCUT2D eigenvalue weighted by molar-refractivity contribution is 0.379. The summed E-state index contributed by atoms with van der Waals surface area (Å²) in [5.41, 5.74) is 0. The Labute approximate surface area is 68.7 Å². The number of ether oxygens (including phenoxy) is 1. The van der Waals surface area contributed by atoms with Gasteiger partial charge in [-0.2, -0.15) is 0 Å². The number of nitrogens with zero attached hydrogens (tertiary/aromatic N) is 1. The quantitative estimate of drug-likeness (QED) is 0.598. The molecule has 64 valence electrons. The molecule has 0 saturated heterocycles. The van der Waals surface area contributed by atoms with Crippen molar-refractivity contribution in [3.05, 3.63) is 0 Å². The zero-order valence-corrected chi connectivity index (χ0v) is 7.63. The minimum Gasteiger partial charge on any atom is -0.484 e. The third-order valence-corrected chi connectivity index (χ3v) is 2.03. The molecule has 0 amide bonds. The molecule has 1 aliphatic rings. The fourth-order valence-electron chi connectivity index (χ4n) is 1.58. The molecule has 0 saturated carbocycles. The molecule has 1 rings (SSSR count). The van der Waals surface area contributed by atoms with Crippen LogP contribution in [0.4, 0.5) is 0 Å². The fourth-order valence-corrected chi connectivity index (χ4v) is 1.58. The van der Waals surface area contributed by atoms with Crippen LogP contribution in [0.25, 0.3) is 0 Å². The average Bonchev–Trinajstić information content (AvgIpc) is 2.34. The SMILES string of the molecule is COC1=NCC(CC(C)C)C1. The smallest absolute Gasteiger partial charge is 0.183 e. The molecular formula is C9H17NO. The van der Waals surface area contributed by atoms with Gasteiger partial charge in [0.15, 0.2) is 5.90 Å². The first kappa shape index (κ1) is 8.57. The zero-order valence-electron chi connectivity index (χ0n) is 7.63. The number of methoxy groups -OCH3 is 1. The molecule has 0 N–H and O–H groups in total. The second kappa shape index (κ2) is 3.74. The molecule has 0 radical (unpaired) electrons. The van der Waals surface area contributed by atoms with E-state index in [-0.39, 0.29) is 0 Å². The van der Waals surface area contributed by atoms with E-state index >= 15 is 0 Å². The molecule has 0 aromatic carbocycles. The lowest BCUT2D eigenvalue weighted by Crippen LogP contribution is -2.06. The van der Waals surface area contributed by atoms with Crippen molar-refractivity contribution in [1.29, 1.82) is 0 Å². The summed E-state index contributed by atoms with van der Waals surface area (Å²) in [5, 5.41) is 0. The van der Waals surface area contributed by atoms with E-state index in [1.165, 1.54) is 6.42 Å². The van der Waals surface area contributed by atoms with Crippen molar-refractivity contribution in [3.63, 3.8) is 0 Å². The van der Waals surface area contributed by atoms with Gasteiger partial charge in [0, 0.05) is 13.0 Å². The summed E-state index contributed by atoms with van der Waals surface area (Å²) in [5.74, 6) is 2.46. The molecule has 1 unspecified atom stereocenters. The van der Waals surface area contributed by atoms with Crippen LogP contribution in [0.15, 0.2) is 4.99 Å². The minimum absolute atomic E-state index is 0.741. The van der Waals surface area contributed by atoms with E-state index in [4.69, 9.17) is 4.74 Å². The van der Waals surface area contributed by atoms with Gasteiger partial charge in [0.05, 0.1) is 7.11 Å². The highest BCUT2D eigenvalue weighted by Gasteiger charge is 2.19. The largest absolute Gasteiger partial charge is 0.484 e. The van der Waals surface area contributed by atoms with Crippen molar-refractivity contribution in [2.45, 2.75) is 26.7 Å². The summed E-state index contributed by atoms with van der Waals surface area (Å²) < 4.78 is 5.07. The molecule has 2 nitrogen and oxygen atoms in total. The van der Waals surface area contributed by atoms with E-state index in [2.05, 4.69) is 18.8 Å². The van der Waals surface area contributed by atoms with Gasteiger partial charge in [-0.1, -0.05) is 13.8 Å². The Bertz CT molecular complexity index is 152. The lowest BCUT2D eigenvalue weighted by Gasteiger charge is -2.10. The molecular weight excluding hydrogens is 138 g/mol. The van der Waals surface area contributed by atoms with Gasteiger partial charge in [-0.15, -0.1) is 0 Å². The van der Waals surface area contributed by atoms with Gasteiger partial charge in [0.2, 0.25) is 0 Å². The first-order valence-corrected chi connectivity index (χ1v) is 4.29. The number of aliphatic imine (C=N–C) groups is 1. The molecule has 1 aliphatic heterocycles. The van der Waals surface area contributed by atoms with E-state index in [1.807, 2.05) is 0 Å². The lowest BCUT2D eigenvalue weighted by atomic mass is 9.96. The highest BCUT2D eigenvalue weighted by molar-refractivity contribution is 5.77. The predicted octanol–water partition coefficient (Wildman–Crippen LogP) is 2.10. The molecule has 0 aromatic heterocycles. The summed E-state index contributed by atoms with van der Waals surface area (Å²) in [6.45, 7) is 5.48. The molecule has 2 heteroatoms. The Morgan fingerprint density at radius 2 is 2.36 bits per heavy atom. The van der Waals surface area contributed by atoms with Crippen LogP contribution in [-0.4, -0.2) is 19.6 Å². The van der Waals surface area contributed by atoms with Crippen molar-refractivity contribution in [3.8, 4) is 0 Å². The maximum absolute atomic E-state index is 5.07. The van der Waals surface area contributed by atoms with Gasteiger partial charge in [0.1, 0.15) is 0 Å². The van der Waals surface area contributed by atoms with Crippen molar-refractivity contribution in [2.24, 2.45) is 16.8 Å². The Morgan fingerprint density at radius 3 is 2.82 bits per heavy atom. The molecule has 0 aromatic rings. The van der Waals surface area contributed by atoms with E-state index in [0.717, 1.165) is 30.7 Å². The number of hydrogen-bond acceptors (Lipinski definition) is 2. The molecule has 1 heterocycles. The second-order valence-corrected chi connectivity index (χ2v) is 3.64. The van der Waals surface area contributed by atoms with Crippen molar-refractivity contribution in [2.75, 3.05) is 13.7 Å². The van der Waals surface area contributed by atoms with Crippen LogP contribution in [0.5, 0.6) is 0 Å². The van der Waals surface area contributed by atoms with Gasteiger partial charge in [-0.05, 0) is 18.3 Å². The second-order valence-electron chi connectivity index (χ2n) is 3.64. The third kappa shape index (κ3) is 2.52. The highest BCUT2D eigenvalue weighted by Crippen LogP contribution is 2.21. The van der Waals surface area contributed by atoms with Crippen LogP contribution < -0.4 is 0 Å². The molecule has 1 atom stereocenters. The first-order chi connectivity index (χ1) is 5.22. The molecule has 0 aliphatic carbocycles. The Balaban J connectivity index is 2.24. The van der Waals surface area contributed by atoms with Crippen LogP contribution in [-0.2, 0) is 4.74 Å². The first-order valence-electron chi connectivity index (χ1n) is 4.29. The average molecular weight is 155 g/mol. The van der Waals surface area contributed by atoms with Gasteiger partial charge >= 0.3 is 0 Å². The summed E-state index contributed by atoms with van der Waals surface area (Å²) in [4.78, 5) is 4.28. The van der Waals surface area contributed by atoms with Crippen LogP contribution >= 0.6 is 0 Å². The standard InChI is InChI=1S/C9H17NO/c1-7(2)4-8-5-9(11-3)10-6-8/h7-8H,4-6H2,1-3H3. The van der Waals surface area contributed by atoms with Gasteiger partial charge in [-0.3, -0.25) is 4.99 Å². The zero-order chi connectivity index (χ0) is 8.27. The molecule has 0 fully saturated rings. The van der Waals surface area contributed by atoms with E-state index < -0.39 is 0 Å². The summed E-state index contributed by atoms with van der Waals surface area (Å²) in [6.07, 6.45) is 2.32. The Hall–Kier alpha value is -0.530. The van der Waals surface area contributed by atoms with Crippen LogP contribution in [0.2, 0.25) is 0 Å². The van der Waals surface area contributed by atoms with Crippen LogP contribution in [0.1, 0.15) is 26.7 Å². The minimum atomic E-state index is 0.741. The van der Waals surface area contributed by atoms with Crippen LogP contribution in [0, 0.1) is 11.8 Å². The fraction of sp³-hybridized carbons (Fsp3) is 0.889. The Morgan fingerprint density at radius 1 is 1.64 bits per heavy atom. The maximum Gasteiger partial charge on any atom is 0.183 e.